The number of carbonyl (C=O) groups excluding carboxylic acids is 3. The number of fused-ring (bicyclic) bond motifs is 1. The van der Waals surface area contributed by atoms with E-state index in [0.717, 1.165) is 35.1 Å². The number of amides is 3. The molecule has 5 atom stereocenters. The molecule has 9 rings (SSSR count). The molecule has 1 heterocycles. The summed E-state index contributed by atoms with van der Waals surface area (Å²) in [7, 11) is 0. The number of hydrogen-bond donors (Lipinski definition) is 1. The second kappa shape index (κ2) is 8.62. The lowest BCUT2D eigenvalue weighted by Crippen LogP contribution is -2.54. The van der Waals surface area contributed by atoms with Crippen molar-refractivity contribution in [1.29, 1.82) is 0 Å². The maximum Gasteiger partial charge on any atom is 0.244 e. The number of hydrogen-bond acceptors (Lipinski definition) is 4. The molecule has 1 aliphatic heterocycles. The van der Waals surface area contributed by atoms with E-state index in [2.05, 4.69) is 29.6 Å². The summed E-state index contributed by atoms with van der Waals surface area (Å²) in [5, 5.41) is 4.96. The summed E-state index contributed by atoms with van der Waals surface area (Å²) >= 11 is 6.53. The van der Waals surface area contributed by atoms with E-state index in [0.29, 0.717) is 16.6 Å². The first-order valence-corrected chi connectivity index (χ1v) is 14.9. The fourth-order valence-corrected chi connectivity index (χ4v) is 9.26. The van der Waals surface area contributed by atoms with Gasteiger partial charge in [-0.1, -0.05) is 92.0 Å². The number of hydrazone groups is 1. The Morgan fingerprint density at radius 3 is 2.27 bits per heavy atom. The molecule has 0 radical (unpaired) electrons. The molecule has 1 N–H and O–H groups in total. The van der Waals surface area contributed by atoms with Gasteiger partial charge in [-0.3, -0.25) is 14.4 Å². The van der Waals surface area contributed by atoms with Crippen LogP contribution in [0.2, 0.25) is 5.02 Å². The highest BCUT2D eigenvalue weighted by Gasteiger charge is 2.68. The van der Waals surface area contributed by atoms with E-state index in [1.165, 1.54) is 17.7 Å². The molecule has 6 nitrogen and oxygen atoms in total. The molecular formula is C34H30ClN3O3. The molecule has 0 unspecified atom stereocenters. The minimum atomic E-state index is -1.02. The number of halogens is 1. The highest BCUT2D eigenvalue weighted by atomic mass is 35.5. The summed E-state index contributed by atoms with van der Waals surface area (Å²) in [6.07, 6.45) is 6.24. The number of para-hydroxylation sites is 1. The average Bonchev–Trinajstić information content (AvgIpc) is 3.54. The van der Waals surface area contributed by atoms with Gasteiger partial charge in [0.25, 0.3) is 0 Å². The normalized spacial score (nSPS) is 34.2. The minimum Gasteiger partial charge on any atom is -0.274 e. The van der Waals surface area contributed by atoms with Gasteiger partial charge in [-0.05, 0) is 58.6 Å². The zero-order valence-corrected chi connectivity index (χ0v) is 23.5. The van der Waals surface area contributed by atoms with Crippen LogP contribution in [0.25, 0.3) is 0 Å². The van der Waals surface area contributed by atoms with E-state index < -0.39 is 17.3 Å². The molecule has 3 amide bonds. The van der Waals surface area contributed by atoms with Gasteiger partial charge in [0, 0.05) is 18.1 Å². The van der Waals surface area contributed by atoms with Gasteiger partial charge in [0.2, 0.25) is 17.7 Å². The van der Waals surface area contributed by atoms with Gasteiger partial charge < -0.3 is 0 Å². The molecule has 6 aliphatic rings. The van der Waals surface area contributed by atoms with Crippen molar-refractivity contribution in [2.24, 2.45) is 34.2 Å². The van der Waals surface area contributed by atoms with Gasteiger partial charge in [-0.2, -0.15) is 5.10 Å². The van der Waals surface area contributed by atoms with Gasteiger partial charge in [0.05, 0.1) is 28.0 Å². The summed E-state index contributed by atoms with van der Waals surface area (Å²) in [5.74, 6) is -1.81. The summed E-state index contributed by atoms with van der Waals surface area (Å²) in [6, 6.07) is 23.0. The third-order valence-corrected chi connectivity index (χ3v) is 11.2. The van der Waals surface area contributed by atoms with E-state index in [9.17, 15) is 14.4 Å². The number of imide groups is 1. The van der Waals surface area contributed by atoms with Gasteiger partial charge >= 0.3 is 0 Å². The van der Waals surface area contributed by atoms with E-state index in [1.54, 1.807) is 30.5 Å². The Balaban J connectivity index is 1.26. The van der Waals surface area contributed by atoms with Crippen LogP contribution in [0.5, 0.6) is 0 Å². The summed E-state index contributed by atoms with van der Waals surface area (Å²) in [6.45, 7) is 2.22. The van der Waals surface area contributed by atoms with Crippen LogP contribution < -0.4 is 10.3 Å². The molecule has 41 heavy (non-hydrogen) atoms. The first kappa shape index (κ1) is 25.0. The van der Waals surface area contributed by atoms with Crippen molar-refractivity contribution in [2.45, 2.75) is 43.9 Å². The zero-order valence-electron chi connectivity index (χ0n) is 22.7. The Labute approximate surface area is 243 Å². The van der Waals surface area contributed by atoms with Crippen molar-refractivity contribution in [1.82, 2.24) is 5.43 Å². The van der Waals surface area contributed by atoms with Crippen LogP contribution in [0, 0.1) is 29.1 Å². The highest BCUT2D eigenvalue weighted by molar-refractivity contribution is 6.36. The van der Waals surface area contributed by atoms with Crippen molar-refractivity contribution in [2.75, 3.05) is 4.90 Å². The standard InChI is InChI=1S/C34H30ClN3O3/c1-33-17-9-8-14-23(33)28(33)30(39)37-36-18-34-21-12-4-2-10-19(21)26(20-11-3-5-13-22(20)34)27-29(34)32(41)38(31(27)40)25-16-7-6-15-24(25)35/h2-7,10-13,15-16,18,23,26-29H,8-9,14,17H2,1H3,(H,37,39)/b36-18-/t23-,26?,27+,28+,29+,33+,34?/m0/s1. The van der Waals surface area contributed by atoms with E-state index in [1.807, 2.05) is 36.4 Å². The lowest BCUT2D eigenvalue weighted by Gasteiger charge is -2.52. The fraction of sp³-hybridized carbons (Fsp3) is 0.353. The van der Waals surface area contributed by atoms with Gasteiger partial charge in [0.1, 0.15) is 0 Å². The van der Waals surface area contributed by atoms with Crippen molar-refractivity contribution in [3.8, 4) is 0 Å². The lowest BCUT2D eigenvalue weighted by atomic mass is 9.47. The Hall–Kier alpha value is -3.77. The Morgan fingerprint density at radius 2 is 1.61 bits per heavy atom. The summed E-state index contributed by atoms with van der Waals surface area (Å²) < 4.78 is 0. The van der Waals surface area contributed by atoms with Crippen molar-refractivity contribution in [3.63, 3.8) is 0 Å². The third kappa shape index (κ3) is 3.14. The maximum absolute atomic E-state index is 14.4. The van der Waals surface area contributed by atoms with Crippen LogP contribution in [0.15, 0.2) is 77.9 Å². The summed E-state index contributed by atoms with van der Waals surface area (Å²) in [4.78, 5) is 43.3. The van der Waals surface area contributed by atoms with Gasteiger partial charge in [-0.15, -0.1) is 0 Å². The second-order valence-corrected chi connectivity index (χ2v) is 13.0. The van der Waals surface area contributed by atoms with Crippen LogP contribution in [0.1, 0.15) is 60.8 Å². The highest BCUT2D eigenvalue weighted by Crippen LogP contribution is 2.66. The molecule has 1 saturated heterocycles. The summed E-state index contributed by atoms with van der Waals surface area (Å²) in [5.41, 5.74) is 6.26. The third-order valence-electron chi connectivity index (χ3n) is 10.8. The molecule has 7 heteroatoms. The van der Waals surface area contributed by atoms with E-state index in [-0.39, 0.29) is 35.0 Å². The van der Waals surface area contributed by atoms with Crippen LogP contribution in [0.3, 0.4) is 0 Å². The number of nitrogens with zero attached hydrogens (tertiary/aromatic N) is 2. The molecule has 2 bridgehead atoms. The van der Waals surface area contributed by atoms with E-state index >= 15 is 0 Å². The minimum absolute atomic E-state index is 0.0283. The fourth-order valence-electron chi connectivity index (χ4n) is 9.04. The number of nitrogens with one attached hydrogen (secondary N) is 1. The van der Waals surface area contributed by atoms with Crippen LogP contribution in [-0.2, 0) is 19.8 Å². The first-order valence-electron chi connectivity index (χ1n) is 14.5. The molecular weight excluding hydrogens is 534 g/mol. The Bertz CT molecular complexity index is 1640. The number of benzene rings is 3. The number of carbonyl (C=O) groups is 3. The van der Waals surface area contributed by atoms with Crippen LogP contribution >= 0.6 is 11.6 Å². The first-order chi connectivity index (χ1) is 19.9. The van der Waals surface area contributed by atoms with Crippen molar-refractivity contribution < 1.29 is 14.4 Å². The monoisotopic (exact) mass is 563 g/mol. The van der Waals surface area contributed by atoms with Crippen molar-refractivity contribution in [3.05, 3.63) is 100 Å². The van der Waals surface area contributed by atoms with Gasteiger partial charge in [0.15, 0.2) is 0 Å². The molecule has 3 fully saturated rings. The second-order valence-electron chi connectivity index (χ2n) is 12.6. The molecule has 2 saturated carbocycles. The predicted octanol–water partition coefficient (Wildman–Crippen LogP) is 5.82. The van der Waals surface area contributed by atoms with E-state index in [4.69, 9.17) is 11.6 Å². The zero-order chi connectivity index (χ0) is 28.1. The lowest BCUT2D eigenvalue weighted by molar-refractivity contribution is -0.124. The topological polar surface area (TPSA) is 78.8 Å². The largest absolute Gasteiger partial charge is 0.274 e. The van der Waals surface area contributed by atoms with Gasteiger partial charge in [-0.25, -0.2) is 10.3 Å². The quantitative estimate of drug-likeness (QED) is 0.247. The number of anilines is 1. The SMILES string of the molecule is C[C@@]12CCCC[C@H]1[C@@H]2C(=O)N/N=C\C12c3ccccc3C(c3ccccc31)[C@H]1C(=O)N(c3ccccc3Cl)C(=O)[C@@H]12. The Kier molecular flexibility index (Phi) is 5.25. The molecule has 3 aromatic carbocycles. The molecule has 0 aromatic heterocycles. The van der Waals surface area contributed by atoms with Crippen molar-refractivity contribution >= 4 is 41.2 Å². The van der Waals surface area contributed by atoms with Crippen LogP contribution in [0.4, 0.5) is 5.69 Å². The average molecular weight is 564 g/mol. The molecule has 3 aromatic rings. The molecule has 206 valence electrons. The predicted molar refractivity (Wildman–Crippen MR) is 157 cm³/mol. The molecule has 0 spiro atoms. The molecule has 5 aliphatic carbocycles. The number of rotatable bonds is 4. The Morgan fingerprint density at radius 1 is 0.951 bits per heavy atom. The smallest absolute Gasteiger partial charge is 0.244 e. The van der Waals surface area contributed by atoms with Crippen LogP contribution in [-0.4, -0.2) is 23.9 Å². The maximum atomic E-state index is 14.4.